The lowest BCUT2D eigenvalue weighted by Crippen LogP contribution is -2.54. The van der Waals surface area contributed by atoms with Gasteiger partial charge in [0.1, 0.15) is 5.75 Å². The Morgan fingerprint density at radius 2 is 1.82 bits per heavy atom. The molecule has 1 saturated heterocycles. The van der Waals surface area contributed by atoms with Crippen molar-refractivity contribution in [3.05, 3.63) is 65.7 Å². The second kappa shape index (κ2) is 11.4. The lowest BCUT2D eigenvalue weighted by molar-refractivity contribution is -0.134. The van der Waals surface area contributed by atoms with Crippen LogP contribution in [-0.2, 0) is 14.8 Å². The number of carbonyl (C=O) groups is 1. The molecule has 1 amide bonds. The van der Waals surface area contributed by atoms with Gasteiger partial charge in [0.05, 0.1) is 17.5 Å². The minimum Gasteiger partial charge on any atom is -0.494 e. The Labute approximate surface area is 197 Å². The molecule has 2 aromatic rings. The summed E-state index contributed by atoms with van der Waals surface area (Å²) < 4.78 is 33.6. The summed E-state index contributed by atoms with van der Waals surface area (Å²) in [6.45, 7) is 9.25. The second-order valence-electron chi connectivity index (χ2n) is 8.14. The van der Waals surface area contributed by atoms with Crippen LogP contribution in [0.25, 0.3) is 6.08 Å². The summed E-state index contributed by atoms with van der Waals surface area (Å²) in [6.07, 6.45) is 4.22. The third kappa shape index (κ3) is 6.90. The number of hydrogen-bond donors (Lipinski definition) is 1. The molecular formula is C25H33N3O4S. The van der Waals surface area contributed by atoms with E-state index >= 15 is 0 Å². The van der Waals surface area contributed by atoms with E-state index in [4.69, 9.17) is 4.74 Å². The van der Waals surface area contributed by atoms with Crippen molar-refractivity contribution in [1.82, 2.24) is 14.5 Å². The van der Waals surface area contributed by atoms with Gasteiger partial charge in [-0.1, -0.05) is 42.5 Å². The zero-order valence-corrected chi connectivity index (χ0v) is 20.3. The summed E-state index contributed by atoms with van der Waals surface area (Å²) in [6, 6.07) is 14.0. The molecule has 1 atom stereocenters. The Bertz CT molecular complexity index is 1060. The molecule has 0 saturated carbocycles. The first kappa shape index (κ1) is 25.0. The summed E-state index contributed by atoms with van der Waals surface area (Å²) in [5.41, 5.74) is 1.89. The van der Waals surface area contributed by atoms with E-state index in [1.165, 1.54) is 6.07 Å². The number of aryl methyl sites for hydroxylation is 1. The van der Waals surface area contributed by atoms with Crippen molar-refractivity contribution in [3.63, 3.8) is 0 Å². The first-order valence-electron chi connectivity index (χ1n) is 11.3. The highest BCUT2D eigenvalue weighted by atomic mass is 32.2. The van der Waals surface area contributed by atoms with E-state index in [1.54, 1.807) is 30.9 Å². The fourth-order valence-electron chi connectivity index (χ4n) is 3.78. The molecule has 1 fully saturated rings. The molecule has 1 aliphatic rings. The molecule has 33 heavy (non-hydrogen) atoms. The zero-order valence-electron chi connectivity index (χ0n) is 19.5. The number of carbonyl (C=O) groups excluding carboxylic acids is 1. The van der Waals surface area contributed by atoms with Crippen molar-refractivity contribution in [2.75, 3.05) is 39.3 Å². The van der Waals surface area contributed by atoms with Crippen LogP contribution < -0.4 is 9.46 Å². The Morgan fingerprint density at radius 3 is 2.45 bits per heavy atom. The van der Waals surface area contributed by atoms with Crippen LogP contribution in [-0.4, -0.2) is 69.5 Å². The summed E-state index contributed by atoms with van der Waals surface area (Å²) in [7, 11) is -3.82. The smallest absolute Gasteiger partial charge is 0.241 e. The van der Waals surface area contributed by atoms with Gasteiger partial charge >= 0.3 is 0 Å². The molecule has 0 bridgehead atoms. The predicted octanol–water partition coefficient (Wildman–Crippen LogP) is 2.92. The molecule has 0 unspecified atom stereocenters. The fraction of sp³-hybridized carbons (Fsp3) is 0.400. The van der Waals surface area contributed by atoms with E-state index in [-0.39, 0.29) is 10.8 Å². The van der Waals surface area contributed by atoms with Crippen molar-refractivity contribution < 1.29 is 17.9 Å². The SMILES string of the molecule is CCOc1ccc(S(=O)(=O)N[C@H](C)C(=O)N2CCN(C/C=C/c3ccccc3)CC2)cc1C. The second-order valence-corrected chi connectivity index (χ2v) is 9.86. The van der Waals surface area contributed by atoms with Gasteiger partial charge < -0.3 is 9.64 Å². The number of rotatable bonds is 9. The largest absolute Gasteiger partial charge is 0.494 e. The fourth-order valence-corrected chi connectivity index (χ4v) is 5.07. The minimum absolute atomic E-state index is 0.123. The van der Waals surface area contributed by atoms with Crippen LogP contribution in [0.2, 0.25) is 0 Å². The van der Waals surface area contributed by atoms with Gasteiger partial charge in [0.15, 0.2) is 0 Å². The molecule has 7 nitrogen and oxygen atoms in total. The van der Waals surface area contributed by atoms with Crippen LogP contribution >= 0.6 is 0 Å². The van der Waals surface area contributed by atoms with E-state index in [9.17, 15) is 13.2 Å². The van der Waals surface area contributed by atoms with Crippen molar-refractivity contribution in [3.8, 4) is 5.75 Å². The van der Waals surface area contributed by atoms with Crippen LogP contribution in [0.3, 0.4) is 0 Å². The molecule has 178 valence electrons. The van der Waals surface area contributed by atoms with E-state index < -0.39 is 16.1 Å². The van der Waals surface area contributed by atoms with Crippen molar-refractivity contribution >= 4 is 22.0 Å². The van der Waals surface area contributed by atoms with Crippen LogP contribution in [0.15, 0.2) is 59.5 Å². The highest BCUT2D eigenvalue weighted by molar-refractivity contribution is 7.89. The van der Waals surface area contributed by atoms with Gasteiger partial charge in [0, 0.05) is 32.7 Å². The zero-order chi connectivity index (χ0) is 23.8. The van der Waals surface area contributed by atoms with E-state index in [0.717, 1.165) is 30.8 Å². The van der Waals surface area contributed by atoms with Crippen LogP contribution in [0.1, 0.15) is 25.0 Å². The third-order valence-electron chi connectivity index (χ3n) is 5.62. The Morgan fingerprint density at radius 1 is 1.12 bits per heavy atom. The molecular weight excluding hydrogens is 438 g/mol. The number of piperazine rings is 1. The van der Waals surface area contributed by atoms with Gasteiger partial charge in [-0.05, 0) is 50.1 Å². The quantitative estimate of drug-likeness (QED) is 0.608. The number of hydrogen-bond acceptors (Lipinski definition) is 5. The molecule has 0 radical (unpaired) electrons. The summed E-state index contributed by atoms with van der Waals surface area (Å²) in [5, 5.41) is 0. The predicted molar refractivity (Wildman–Crippen MR) is 131 cm³/mol. The number of benzene rings is 2. The van der Waals surface area contributed by atoms with Crippen LogP contribution in [0, 0.1) is 6.92 Å². The summed E-state index contributed by atoms with van der Waals surface area (Å²) >= 11 is 0. The van der Waals surface area contributed by atoms with Gasteiger partial charge in [-0.25, -0.2) is 8.42 Å². The highest BCUT2D eigenvalue weighted by Gasteiger charge is 2.28. The molecule has 2 aromatic carbocycles. The maximum atomic E-state index is 12.9. The number of amides is 1. The third-order valence-corrected chi connectivity index (χ3v) is 7.15. The van der Waals surface area contributed by atoms with E-state index in [1.807, 2.05) is 25.1 Å². The number of ether oxygens (including phenoxy) is 1. The normalized spacial score (nSPS) is 16.2. The molecule has 1 heterocycles. The molecule has 3 rings (SSSR count). The maximum Gasteiger partial charge on any atom is 0.241 e. The molecule has 1 N–H and O–H groups in total. The van der Waals surface area contributed by atoms with Crippen molar-refractivity contribution in [2.45, 2.75) is 31.7 Å². The first-order chi connectivity index (χ1) is 15.8. The number of nitrogens with one attached hydrogen (secondary N) is 1. The highest BCUT2D eigenvalue weighted by Crippen LogP contribution is 2.22. The Kier molecular flexibility index (Phi) is 8.66. The van der Waals surface area contributed by atoms with E-state index in [0.29, 0.717) is 25.4 Å². The maximum absolute atomic E-state index is 12.9. The lowest BCUT2D eigenvalue weighted by atomic mass is 10.2. The summed E-state index contributed by atoms with van der Waals surface area (Å²) in [4.78, 5) is 17.0. The average Bonchev–Trinajstić information content (AvgIpc) is 2.81. The molecule has 0 spiro atoms. The lowest BCUT2D eigenvalue weighted by Gasteiger charge is -2.35. The Balaban J connectivity index is 1.51. The summed E-state index contributed by atoms with van der Waals surface area (Å²) in [5.74, 6) is 0.442. The molecule has 1 aliphatic heterocycles. The van der Waals surface area contributed by atoms with Gasteiger partial charge in [-0.15, -0.1) is 0 Å². The van der Waals surface area contributed by atoms with E-state index in [2.05, 4.69) is 33.9 Å². The average molecular weight is 472 g/mol. The number of nitrogens with zero attached hydrogens (tertiary/aromatic N) is 2. The minimum atomic E-state index is -3.82. The topological polar surface area (TPSA) is 78.9 Å². The molecule has 0 aliphatic carbocycles. The van der Waals surface area contributed by atoms with Gasteiger partial charge in [0.2, 0.25) is 15.9 Å². The van der Waals surface area contributed by atoms with Crippen LogP contribution in [0.5, 0.6) is 5.75 Å². The van der Waals surface area contributed by atoms with Crippen molar-refractivity contribution in [1.29, 1.82) is 0 Å². The Hall–Kier alpha value is -2.68. The molecule has 0 aromatic heterocycles. The van der Waals surface area contributed by atoms with Crippen LogP contribution in [0.4, 0.5) is 0 Å². The van der Waals surface area contributed by atoms with Gasteiger partial charge in [-0.3, -0.25) is 9.69 Å². The van der Waals surface area contributed by atoms with Gasteiger partial charge in [0.25, 0.3) is 0 Å². The number of sulfonamides is 1. The standard InChI is InChI=1S/C25H33N3O4S/c1-4-32-24-13-12-23(19-20(24)2)33(30,31)26-21(3)25(29)28-17-15-27(16-18-28)14-8-11-22-9-6-5-7-10-22/h5-13,19,21,26H,4,14-18H2,1-3H3/b11-8+/t21-/m1/s1. The molecule has 8 heteroatoms. The monoisotopic (exact) mass is 471 g/mol. The van der Waals surface area contributed by atoms with Crippen molar-refractivity contribution in [2.24, 2.45) is 0 Å². The first-order valence-corrected chi connectivity index (χ1v) is 12.8. The van der Waals surface area contributed by atoms with Gasteiger partial charge in [-0.2, -0.15) is 4.72 Å².